The maximum Gasteiger partial charge on any atom is 0.0644 e. The second-order valence-electron chi connectivity index (χ2n) is 6.01. The molecule has 0 aliphatic heterocycles. The fourth-order valence-electron chi connectivity index (χ4n) is 2.82. The maximum absolute atomic E-state index is 9.08. The number of nitrogens with zero attached hydrogens (tertiary/aromatic N) is 2. The van der Waals surface area contributed by atoms with Crippen molar-refractivity contribution in [2.24, 2.45) is 0 Å². The van der Waals surface area contributed by atoms with Crippen molar-refractivity contribution in [3.05, 3.63) is 52.3 Å². The van der Waals surface area contributed by atoms with Crippen LogP contribution in [0, 0.1) is 20.8 Å². The minimum absolute atomic E-state index is 0.124. The van der Waals surface area contributed by atoms with Gasteiger partial charge in [-0.1, -0.05) is 24.3 Å². The van der Waals surface area contributed by atoms with E-state index in [-0.39, 0.29) is 6.61 Å². The summed E-state index contributed by atoms with van der Waals surface area (Å²) in [6.45, 7) is 9.98. The summed E-state index contributed by atoms with van der Waals surface area (Å²) in [4.78, 5) is 0. The zero-order valence-corrected chi connectivity index (χ0v) is 14.1. The molecule has 4 heteroatoms. The lowest BCUT2D eigenvalue weighted by molar-refractivity contribution is 0.267. The van der Waals surface area contributed by atoms with Crippen molar-refractivity contribution in [2.75, 3.05) is 6.61 Å². The highest BCUT2D eigenvalue weighted by molar-refractivity contribution is 5.27. The van der Waals surface area contributed by atoms with Crippen LogP contribution < -0.4 is 5.32 Å². The summed E-state index contributed by atoms with van der Waals surface area (Å²) in [6, 6.07) is 8.95. The van der Waals surface area contributed by atoms with Crippen molar-refractivity contribution in [1.82, 2.24) is 15.1 Å². The van der Waals surface area contributed by atoms with Crippen LogP contribution in [0.3, 0.4) is 0 Å². The van der Waals surface area contributed by atoms with Crippen LogP contribution in [-0.2, 0) is 19.5 Å². The third kappa shape index (κ3) is 3.96. The van der Waals surface area contributed by atoms with E-state index in [1.54, 1.807) is 0 Å². The monoisotopic (exact) mass is 301 g/mol. The zero-order chi connectivity index (χ0) is 16.1. The van der Waals surface area contributed by atoms with Crippen LogP contribution in [0.25, 0.3) is 0 Å². The van der Waals surface area contributed by atoms with Crippen LogP contribution in [0.5, 0.6) is 0 Å². The van der Waals surface area contributed by atoms with Crippen molar-refractivity contribution < 1.29 is 5.11 Å². The number of nitrogens with one attached hydrogen (secondary N) is 1. The van der Waals surface area contributed by atoms with Crippen molar-refractivity contribution in [3.63, 3.8) is 0 Å². The minimum atomic E-state index is 0.124. The predicted octanol–water partition coefficient (Wildman–Crippen LogP) is 2.52. The van der Waals surface area contributed by atoms with Gasteiger partial charge >= 0.3 is 0 Å². The van der Waals surface area contributed by atoms with E-state index >= 15 is 0 Å². The Labute approximate surface area is 133 Å². The van der Waals surface area contributed by atoms with Crippen LogP contribution in [0.15, 0.2) is 24.3 Å². The molecule has 0 aliphatic carbocycles. The molecule has 0 aliphatic rings. The summed E-state index contributed by atoms with van der Waals surface area (Å²) in [6.07, 6.45) is 1.02. The lowest BCUT2D eigenvalue weighted by atomic mass is 10.0. The largest absolute Gasteiger partial charge is 0.394 e. The molecule has 2 rings (SSSR count). The number of aryl methyl sites for hydroxylation is 2. The van der Waals surface area contributed by atoms with Gasteiger partial charge in [0.1, 0.15) is 0 Å². The molecule has 120 valence electrons. The molecule has 1 atom stereocenters. The Morgan fingerprint density at radius 2 is 1.95 bits per heavy atom. The van der Waals surface area contributed by atoms with E-state index in [0.717, 1.165) is 24.4 Å². The summed E-state index contributed by atoms with van der Waals surface area (Å²) in [7, 11) is 0. The average molecular weight is 301 g/mol. The summed E-state index contributed by atoms with van der Waals surface area (Å²) >= 11 is 0. The standard InChI is InChI=1S/C18H27N3O/c1-13-7-5-6-8-17(13)11-14(2)19-12-18-15(3)20-21(9-10-22)16(18)4/h5-8,14,19,22H,9-12H2,1-4H3. The molecule has 0 bridgehead atoms. The van der Waals surface area contributed by atoms with E-state index in [1.165, 1.54) is 16.7 Å². The molecular weight excluding hydrogens is 274 g/mol. The molecule has 0 saturated carbocycles. The van der Waals surface area contributed by atoms with Gasteiger partial charge in [-0.2, -0.15) is 5.10 Å². The molecule has 2 aromatic rings. The zero-order valence-electron chi connectivity index (χ0n) is 14.1. The molecule has 2 N–H and O–H groups in total. The topological polar surface area (TPSA) is 50.1 Å². The number of hydrogen-bond donors (Lipinski definition) is 2. The number of benzene rings is 1. The Bertz CT molecular complexity index is 619. The molecule has 0 radical (unpaired) electrons. The van der Waals surface area contributed by atoms with Crippen molar-refractivity contribution in [2.45, 2.75) is 53.2 Å². The van der Waals surface area contributed by atoms with Gasteiger partial charge in [0.2, 0.25) is 0 Å². The quantitative estimate of drug-likeness (QED) is 0.826. The molecule has 22 heavy (non-hydrogen) atoms. The average Bonchev–Trinajstić information content (AvgIpc) is 2.74. The Hall–Kier alpha value is -1.65. The summed E-state index contributed by atoms with van der Waals surface area (Å²) in [5, 5.41) is 17.2. The predicted molar refractivity (Wildman–Crippen MR) is 90.0 cm³/mol. The Morgan fingerprint density at radius 1 is 1.23 bits per heavy atom. The number of aromatic nitrogens is 2. The summed E-state index contributed by atoms with van der Waals surface area (Å²) < 4.78 is 1.89. The second kappa shape index (κ2) is 7.56. The normalized spacial score (nSPS) is 12.6. The Balaban J connectivity index is 1.97. The van der Waals surface area contributed by atoms with E-state index in [4.69, 9.17) is 5.11 Å². The Morgan fingerprint density at radius 3 is 2.64 bits per heavy atom. The highest BCUT2D eigenvalue weighted by Gasteiger charge is 2.12. The van der Waals surface area contributed by atoms with Gasteiger partial charge in [-0.25, -0.2) is 0 Å². The molecule has 4 nitrogen and oxygen atoms in total. The Kier molecular flexibility index (Phi) is 5.75. The first-order valence-electron chi connectivity index (χ1n) is 7.94. The van der Waals surface area contributed by atoms with Gasteiger partial charge in [-0.15, -0.1) is 0 Å². The fraction of sp³-hybridized carbons (Fsp3) is 0.500. The third-order valence-corrected chi connectivity index (χ3v) is 4.26. The molecule has 0 fully saturated rings. The lowest BCUT2D eigenvalue weighted by Gasteiger charge is -2.15. The van der Waals surface area contributed by atoms with Crippen molar-refractivity contribution >= 4 is 0 Å². The molecule has 0 saturated heterocycles. The first-order chi connectivity index (χ1) is 10.5. The van der Waals surface area contributed by atoms with Crippen LogP contribution >= 0.6 is 0 Å². The van der Waals surface area contributed by atoms with E-state index < -0.39 is 0 Å². The van der Waals surface area contributed by atoms with E-state index in [1.807, 2.05) is 11.6 Å². The molecular formula is C18H27N3O. The summed E-state index contributed by atoms with van der Waals surface area (Å²) in [5.74, 6) is 0. The van der Waals surface area contributed by atoms with Gasteiger partial charge in [0, 0.05) is 23.8 Å². The highest BCUT2D eigenvalue weighted by Crippen LogP contribution is 2.14. The molecule has 1 unspecified atom stereocenters. The number of rotatable bonds is 7. The van der Waals surface area contributed by atoms with Crippen LogP contribution in [0.1, 0.15) is 35.0 Å². The van der Waals surface area contributed by atoms with Gasteiger partial charge in [0.25, 0.3) is 0 Å². The van der Waals surface area contributed by atoms with Crippen LogP contribution in [-0.4, -0.2) is 27.5 Å². The fourth-order valence-corrected chi connectivity index (χ4v) is 2.82. The van der Waals surface area contributed by atoms with Gasteiger partial charge in [0.15, 0.2) is 0 Å². The van der Waals surface area contributed by atoms with Crippen LogP contribution in [0.2, 0.25) is 0 Å². The number of hydrogen-bond acceptors (Lipinski definition) is 3. The number of aliphatic hydroxyl groups is 1. The maximum atomic E-state index is 9.08. The van der Waals surface area contributed by atoms with E-state index in [0.29, 0.717) is 12.6 Å². The van der Waals surface area contributed by atoms with Crippen molar-refractivity contribution in [1.29, 1.82) is 0 Å². The molecule has 1 aromatic heterocycles. The van der Waals surface area contributed by atoms with Gasteiger partial charge in [-0.3, -0.25) is 4.68 Å². The first kappa shape index (κ1) is 16.7. The van der Waals surface area contributed by atoms with E-state index in [2.05, 4.69) is 55.5 Å². The minimum Gasteiger partial charge on any atom is -0.394 e. The van der Waals surface area contributed by atoms with Crippen molar-refractivity contribution in [3.8, 4) is 0 Å². The second-order valence-corrected chi connectivity index (χ2v) is 6.01. The molecule has 0 amide bonds. The third-order valence-electron chi connectivity index (χ3n) is 4.26. The SMILES string of the molecule is Cc1ccccc1CC(C)NCc1c(C)nn(CCO)c1C. The molecule has 1 heterocycles. The molecule has 0 spiro atoms. The highest BCUT2D eigenvalue weighted by atomic mass is 16.3. The number of aliphatic hydroxyl groups excluding tert-OH is 1. The molecule has 1 aromatic carbocycles. The van der Waals surface area contributed by atoms with Crippen LogP contribution in [0.4, 0.5) is 0 Å². The first-order valence-corrected chi connectivity index (χ1v) is 7.94. The van der Waals surface area contributed by atoms with E-state index in [9.17, 15) is 0 Å². The summed E-state index contributed by atoms with van der Waals surface area (Å²) in [5.41, 5.74) is 6.17. The van der Waals surface area contributed by atoms with Gasteiger partial charge in [0.05, 0.1) is 18.8 Å². The lowest BCUT2D eigenvalue weighted by Crippen LogP contribution is -2.28. The van der Waals surface area contributed by atoms with Gasteiger partial charge in [-0.05, 0) is 45.2 Å². The van der Waals surface area contributed by atoms with Gasteiger partial charge < -0.3 is 10.4 Å². The smallest absolute Gasteiger partial charge is 0.0644 e.